The van der Waals surface area contributed by atoms with Crippen LogP contribution in [0.5, 0.6) is 28.9 Å². The number of carbonyl (C=O) groups is 2. The molecular formula is C25H25N3O6. The highest BCUT2D eigenvalue weighted by Gasteiger charge is 2.36. The van der Waals surface area contributed by atoms with Crippen LogP contribution in [-0.4, -0.2) is 44.7 Å². The third-order valence-corrected chi connectivity index (χ3v) is 5.44. The number of nitrogens with one attached hydrogen (secondary N) is 1. The van der Waals surface area contributed by atoms with Gasteiger partial charge in [0.2, 0.25) is 23.4 Å². The Labute approximate surface area is 197 Å². The summed E-state index contributed by atoms with van der Waals surface area (Å²) in [6, 6.07) is 15.9. The number of nitrogens with zero attached hydrogens (tertiary/aromatic N) is 2. The largest absolute Gasteiger partial charge is 0.493 e. The molecule has 0 radical (unpaired) electrons. The third-order valence-electron chi connectivity index (χ3n) is 5.44. The Morgan fingerprint density at radius 3 is 2.35 bits per heavy atom. The van der Waals surface area contributed by atoms with Gasteiger partial charge < -0.3 is 29.2 Å². The average molecular weight is 463 g/mol. The lowest BCUT2D eigenvalue weighted by atomic mass is 10.1. The average Bonchev–Trinajstić information content (AvgIpc) is 3.26. The van der Waals surface area contributed by atoms with Crippen LogP contribution in [-0.2, 0) is 9.59 Å². The fourth-order valence-electron chi connectivity index (χ4n) is 3.76. The van der Waals surface area contributed by atoms with Crippen LogP contribution in [0.2, 0.25) is 0 Å². The van der Waals surface area contributed by atoms with E-state index in [9.17, 15) is 9.59 Å². The van der Waals surface area contributed by atoms with Crippen LogP contribution in [0.15, 0.2) is 60.8 Å². The van der Waals surface area contributed by atoms with Gasteiger partial charge in [-0.25, -0.2) is 4.98 Å². The number of aromatic nitrogens is 1. The Balaban J connectivity index is 1.51. The highest BCUT2D eigenvalue weighted by molar-refractivity contribution is 6.04. The maximum absolute atomic E-state index is 13.0. The Morgan fingerprint density at radius 1 is 1.00 bits per heavy atom. The first-order valence-corrected chi connectivity index (χ1v) is 10.6. The monoisotopic (exact) mass is 463 g/mol. The molecule has 1 aliphatic rings. The highest BCUT2D eigenvalue weighted by Crippen LogP contribution is 2.42. The molecule has 34 heavy (non-hydrogen) atoms. The number of methoxy groups -OCH3 is 3. The molecule has 3 aromatic rings. The molecular weight excluding hydrogens is 438 g/mol. The first kappa shape index (κ1) is 22.9. The van der Waals surface area contributed by atoms with Crippen molar-refractivity contribution in [3.63, 3.8) is 0 Å². The summed E-state index contributed by atoms with van der Waals surface area (Å²) in [5.74, 6) is 1.12. The third kappa shape index (κ3) is 4.73. The molecule has 0 bridgehead atoms. The first-order chi connectivity index (χ1) is 16.5. The van der Waals surface area contributed by atoms with E-state index in [0.29, 0.717) is 34.4 Å². The number of ether oxygens (including phenoxy) is 4. The summed E-state index contributed by atoms with van der Waals surface area (Å²) in [4.78, 5) is 31.6. The van der Waals surface area contributed by atoms with Crippen LogP contribution in [0.4, 0.5) is 11.4 Å². The van der Waals surface area contributed by atoms with Gasteiger partial charge in [0, 0.05) is 31.3 Å². The van der Waals surface area contributed by atoms with E-state index in [1.54, 1.807) is 47.5 Å². The SMILES string of the molecule is COc1cc(N2CC(C(=O)Nc3cccnc3Oc3ccccc3)CC2=O)cc(OC)c1OC. The smallest absolute Gasteiger partial charge is 0.243 e. The van der Waals surface area contributed by atoms with Crippen molar-refractivity contribution in [2.24, 2.45) is 5.92 Å². The highest BCUT2D eigenvalue weighted by atomic mass is 16.5. The van der Waals surface area contributed by atoms with E-state index >= 15 is 0 Å². The number of anilines is 2. The summed E-state index contributed by atoms with van der Waals surface area (Å²) in [7, 11) is 4.52. The maximum atomic E-state index is 13.0. The van der Waals surface area contributed by atoms with Crippen molar-refractivity contribution in [2.75, 3.05) is 38.1 Å². The van der Waals surface area contributed by atoms with Gasteiger partial charge in [-0.3, -0.25) is 9.59 Å². The summed E-state index contributed by atoms with van der Waals surface area (Å²) >= 11 is 0. The maximum Gasteiger partial charge on any atom is 0.243 e. The molecule has 1 atom stereocenters. The fraction of sp³-hybridized carbons (Fsp3) is 0.240. The number of benzene rings is 2. The Bertz CT molecular complexity index is 1160. The van der Waals surface area contributed by atoms with Gasteiger partial charge in [-0.15, -0.1) is 0 Å². The minimum absolute atomic E-state index is 0.0671. The molecule has 2 amide bonds. The Morgan fingerprint density at radius 2 is 1.71 bits per heavy atom. The Hall–Kier alpha value is -4.27. The molecule has 2 heterocycles. The lowest BCUT2D eigenvalue weighted by Gasteiger charge is -2.20. The number of pyridine rings is 1. The van der Waals surface area contributed by atoms with Gasteiger partial charge in [0.15, 0.2) is 11.5 Å². The van der Waals surface area contributed by atoms with E-state index in [-0.39, 0.29) is 30.7 Å². The zero-order valence-electron chi connectivity index (χ0n) is 19.1. The normalized spacial score (nSPS) is 15.1. The second-order valence-electron chi connectivity index (χ2n) is 7.55. The van der Waals surface area contributed by atoms with Crippen LogP contribution in [0.25, 0.3) is 0 Å². The Kier molecular flexibility index (Phi) is 6.82. The molecule has 1 aliphatic heterocycles. The summed E-state index contributed by atoms with van der Waals surface area (Å²) in [5, 5.41) is 2.85. The number of para-hydroxylation sites is 1. The molecule has 1 unspecified atom stereocenters. The van der Waals surface area contributed by atoms with Crippen molar-refractivity contribution in [3.05, 3.63) is 60.8 Å². The van der Waals surface area contributed by atoms with Crippen LogP contribution in [0.1, 0.15) is 6.42 Å². The van der Waals surface area contributed by atoms with Gasteiger partial charge in [-0.05, 0) is 24.3 Å². The lowest BCUT2D eigenvalue weighted by Crippen LogP contribution is -2.28. The second-order valence-corrected chi connectivity index (χ2v) is 7.55. The van der Waals surface area contributed by atoms with Crippen LogP contribution >= 0.6 is 0 Å². The molecule has 0 aliphatic carbocycles. The molecule has 2 aromatic carbocycles. The summed E-state index contributed by atoms with van der Waals surface area (Å²) in [6.45, 7) is 0.207. The molecule has 9 heteroatoms. The van der Waals surface area contributed by atoms with E-state index in [1.807, 2.05) is 18.2 Å². The van der Waals surface area contributed by atoms with E-state index in [0.717, 1.165) is 0 Å². The molecule has 4 rings (SSSR count). The van der Waals surface area contributed by atoms with Crippen molar-refractivity contribution < 1.29 is 28.5 Å². The van der Waals surface area contributed by atoms with Crippen molar-refractivity contribution in [1.29, 1.82) is 0 Å². The molecule has 1 fully saturated rings. The second kappa shape index (κ2) is 10.1. The van der Waals surface area contributed by atoms with Crippen molar-refractivity contribution in [2.45, 2.75) is 6.42 Å². The van der Waals surface area contributed by atoms with Crippen molar-refractivity contribution in [3.8, 4) is 28.9 Å². The van der Waals surface area contributed by atoms with Crippen LogP contribution < -0.4 is 29.2 Å². The van der Waals surface area contributed by atoms with Crippen molar-refractivity contribution >= 4 is 23.2 Å². The van der Waals surface area contributed by atoms with Crippen molar-refractivity contribution in [1.82, 2.24) is 4.98 Å². The van der Waals surface area contributed by atoms with Gasteiger partial charge in [-0.1, -0.05) is 18.2 Å². The topological polar surface area (TPSA) is 99.2 Å². The first-order valence-electron chi connectivity index (χ1n) is 10.6. The van der Waals surface area contributed by atoms with E-state index < -0.39 is 5.92 Å². The summed E-state index contributed by atoms with van der Waals surface area (Å²) < 4.78 is 21.9. The van der Waals surface area contributed by atoms with Gasteiger partial charge in [0.05, 0.1) is 32.9 Å². The quantitative estimate of drug-likeness (QED) is 0.541. The number of hydrogen-bond donors (Lipinski definition) is 1. The molecule has 9 nitrogen and oxygen atoms in total. The standard InChI is InChI=1S/C25H25N3O6/c1-31-20-13-17(14-21(32-2)23(20)33-3)28-15-16(12-22(28)29)24(30)27-19-10-7-11-26-25(19)34-18-8-5-4-6-9-18/h4-11,13-14,16H,12,15H2,1-3H3,(H,27,30). The molecule has 0 saturated carbocycles. The van der Waals surface area contributed by atoms with Crippen LogP contribution in [0.3, 0.4) is 0 Å². The zero-order valence-corrected chi connectivity index (χ0v) is 19.1. The minimum Gasteiger partial charge on any atom is -0.493 e. The van der Waals surface area contributed by atoms with E-state index in [4.69, 9.17) is 18.9 Å². The predicted molar refractivity (Wildman–Crippen MR) is 126 cm³/mol. The summed E-state index contributed by atoms with van der Waals surface area (Å²) in [5.41, 5.74) is 0.985. The predicted octanol–water partition coefficient (Wildman–Crippen LogP) is 3.89. The minimum atomic E-state index is -0.559. The number of rotatable bonds is 8. The zero-order chi connectivity index (χ0) is 24.1. The molecule has 1 N–H and O–H groups in total. The van der Waals surface area contributed by atoms with Gasteiger partial charge in [0.25, 0.3) is 0 Å². The molecule has 176 valence electrons. The molecule has 1 saturated heterocycles. The fourth-order valence-corrected chi connectivity index (χ4v) is 3.76. The van der Waals surface area contributed by atoms with E-state index in [1.165, 1.54) is 21.3 Å². The van der Waals surface area contributed by atoms with E-state index in [2.05, 4.69) is 10.3 Å². The van der Waals surface area contributed by atoms with Gasteiger partial charge >= 0.3 is 0 Å². The van der Waals surface area contributed by atoms with Gasteiger partial charge in [-0.2, -0.15) is 0 Å². The number of hydrogen-bond acceptors (Lipinski definition) is 7. The number of amides is 2. The molecule has 0 spiro atoms. The van der Waals surface area contributed by atoms with Gasteiger partial charge in [0.1, 0.15) is 11.4 Å². The number of carbonyl (C=O) groups excluding carboxylic acids is 2. The lowest BCUT2D eigenvalue weighted by molar-refractivity contribution is -0.122. The van der Waals surface area contributed by atoms with Crippen LogP contribution in [0, 0.1) is 5.92 Å². The molecule has 1 aromatic heterocycles. The summed E-state index contributed by atoms with van der Waals surface area (Å²) in [6.07, 6.45) is 1.65.